The highest BCUT2D eigenvalue weighted by Crippen LogP contribution is 2.24. The summed E-state index contributed by atoms with van der Waals surface area (Å²) in [5.41, 5.74) is 3.11. The summed E-state index contributed by atoms with van der Waals surface area (Å²) in [5.74, 6) is 0.155. The molecule has 146 valence electrons. The first-order chi connectivity index (χ1) is 13.0. The fraction of sp³-hybridized carbons (Fsp3) is 0.409. The first-order valence-corrected chi connectivity index (χ1v) is 10.4. The van der Waals surface area contributed by atoms with Gasteiger partial charge in [-0.2, -0.15) is 0 Å². The zero-order valence-electron chi connectivity index (χ0n) is 16.9. The van der Waals surface area contributed by atoms with Crippen molar-refractivity contribution in [3.05, 3.63) is 52.7 Å². The summed E-state index contributed by atoms with van der Waals surface area (Å²) in [6, 6.07) is 12.4. The molecule has 0 fully saturated rings. The Bertz CT molecular complexity index is 751. The Morgan fingerprint density at radius 1 is 1.15 bits per heavy atom. The number of nitrogens with zero attached hydrogens (tertiary/aromatic N) is 2. The highest BCUT2D eigenvalue weighted by Gasteiger charge is 2.11. The molecule has 2 aromatic rings. The Balaban J connectivity index is 1.78. The average molecular weight is 386 g/mol. The quantitative estimate of drug-likeness (QED) is 0.569. The van der Waals surface area contributed by atoms with E-state index in [0.717, 1.165) is 36.6 Å². The fourth-order valence-corrected chi connectivity index (χ4v) is 3.81. The number of hydrogen-bond acceptors (Lipinski definition) is 4. The van der Waals surface area contributed by atoms with Gasteiger partial charge >= 0.3 is 0 Å². The largest absolute Gasteiger partial charge is 0.385 e. The van der Waals surface area contributed by atoms with Gasteiger partial charge in [0.2, 0.25) is 5.91 Å². The molecule has 0 saturated carbocycles. The molecule has 0 atom stereocenters. The molecule has 0 aliphatic carbocycles. The maximum absolute atomic E-state index is 12.0. The van der Waals surface area contributed by atoms with Crippen molar-refractivity contribution in [2.75, 3.05) is 36.9 Å². The monoisotopic (exact) mass is 385 g/mol. The van der Waals surface area contributed by atoms with E-state index in [0.29, 0.717) is 13.0 Å². The van der Waals surface area contributed by atoms with E-state index in [4.69, 9.17) is 0 Å². The second-order valence-electron chi connectivity index (χ2n) is 6.60. The third kappa shape index (κ3) is 5.86. The second kappa shape index (κ2) is 10.2. The molecule has 2 rings (SSSR count). The van der Waals surface area contributed by atoms with Gasteiger partial charge in [0.05, 0.1) is 4.88 Å². The number of nitrogens with one attached hydrogen (secondary N) is 1. The third-order valence-electron chi connectivity index (χ3n) is 4.58. The van der Waals surface area contributed by atoms with E-state index in [1.54, 1.807) is 11.3 Å². The minimum Gasteiger partial charge on any atom is -0.385 e. The Morgan fingerprint density at radius 3 is 2.41 bits per heavy atom. The van der Waals surface area contributed by atoms with Crippen molar-refractivity contribution < 1.29 is 4.79 Å². The van der Waals surface area contributed by atoms with E-state index in [9.17, 15) is 4.79 Å². The maximum atomic E-state index is 12.0. The van der Waals surface area contributed by atoms with Crippen molar-refractivity contribution in [3.8, 4) is 0 Å². The van der Waals surface area contributed by atoms with Crippen LogP contribution >= 0.6 is 11.3 Å². The van der Waals surface area contributed by atoms with Gasteiger partial charge in [-0.3, -0.25) is 4.79 Å². The number of carbonyl (C=O) groups is 1. The number of amides is 1. The Labute approximate surface area is 167 Å². The predicted octanol–water partition coefficient (Wildman–Crippen LogP) is 5.22. The van der Waals surface area contributed by atoms with Crippen LogP contribution < -0.4 is 10.2 Å². The molecule has 1 amide bonds. The zero-order chi connectivity index (χ0) is 19.8. The molecule has 27 heavy (non-hydrogen) atoms. The number of benzene rings is 1. The highest BCUT2D eigenvalue weighted by atomic mass is 32.1. The van der Waals surface area contributed by atoms with Gasteiger partial charge in [0, 0.05) is 55.1 Å². The highest BCUT2D eigenvalue weighted by molar-refractivity contribution is 7.13. The van der Waals surface area contributed by atoms with Crippen LogP contribution in [0.1, 0.15) is 36.4 Å². The summed E-state index contributed by atoms with van der Waals surface area (Å²) >= 11 is 1.78. The topological polar surface area (TPSA) is 35.6 Å². The molecule has 0 spiro atoms. The molecular formula is C22H31N3OS. The number of rotatable bonds is 10. The van der Waals surface area contributed by atoms with Crippen LogP contribution in [0.4, 0.5) is 11.4 Å². The normalized spacial score (nSPS) is 10.5. The van der Waals surface area contributed by atoms with E-state index < -0.39 is 0 Å². The minimum atomic E-state index is 0.155. The van der Waals surface area contributed by atoms with Gasteiger partial charge in [0.15, 0.2) is 0 Å². The number of hydrogen-bond donors (Lipinski definition) is 1. The van der Waals surface area contributed by atoms with Crippen molar-refractivity contribution in [1.29, 1.82) is 0 Å². The molecule has 1 aromatic heterocycles. The van der Waals surface area contributed by atoms with E-state index in [2.05, 4.69) is 42.9 Å². The Morgan fingerprint density at radius 2 is 1.85 bits per heavy atom. The van der Waals surface area contributed by atoms with E-state index in [1.807, 2.05) is 43.0 Å². The smallest absolute Gasteiger partial charge is 0.226 e. The molecule has 0 unspecified atom stereocenters. The van der Waals surface area contributed by atoms with Crippen molar-refractivity contribution in [1.82, 2.24) is 4.90 Å². The molecule has 0 saturated heterocycles. The fourth-order valence-electron chi connectivity index (χ4n) is 2.91. The van der Waals surface area contributed by atoms with Gasteiger partial charge in [-0.05, 0) is 56.7 Å². The Kier molecular flexibility index (Phi) is 7.92. The molecule has 0 aliphatic heterocycles. The molecule has 0 aliphatic rings. The lowest BCUT2D eigenvalue weighted by Gasteiger charge is -2.22. The van der Waals surface area contributed by atoms with E-state index in [-0.39, 0.29) is 5.91 Å². The van der Waals surface area contributed by atoms with Crippen LogP contribution in [0.3, 0.4) is 0 Å². The average Bonchev–Trinajstić information content (AvgIpc) is 3.12. The van der Waals surface area contributed by atoms with Gasteiger partial charge in [-0.1, -0.05) is 13.5 Å². The SMILES string of the molecule is C=C(c1ccc(C)s1)N(C)CCCNc1ccc(N(CC)C(=O)CC)cc1. The molecule has 5 heteroatoms. The zero-order valence-corrected chi connectivity index (χ0v) is 17.7. The minimum absolute atomic E-state index is 0.155. The lowest BCUT2D eigenvalue weighted by atomic mass is 10.2. The standard InChI is InChI=1S/C22H31N3OS/c1-6-22(26)25(7-2)20-12-10-19(11-13-20)23-15-8-16-24(5)18(4)21-14-9-17(3)27-21/h9-14,23H,4,6-8,15-16H2,1-3,5H3. The van der Waals surface area contributed by atoms with Crippen LogP contribution in [-0.4, -0.2) is 37.5 Å². The number of aryl methyl sites for hydroxylation is 1. The Hall–Kier alpha value is -2.27. The summed E-state index contributed by atoms with van der Waals surface area (Å²) in [6.45, 7) is 12.8. The van der Waals surface area contributed by atoms with Crippen LogP contribution in [0.2, 0.25) is 0 Å². The van der Waals surface area contributed by atoms with Crippen molar-refractivity contribution in [2.24, 2.45) is 0 Å². The first kappa shape index (κ1) is 21.0. The maximum Gasteiger partial charge on any atom is 0.226 e. The summed E-state index contributed by atoms with van der Waals surface area (Å²) in [5, 5.41) is 3.45. The summed E-state index contributed by atoms with van der Waals surface area (Å²) in [6.07, 6.45) is 1.55. The van der Waals surface area contributed by atoms with Crippen LogP contribution in [0.5, 0.6) is 0 Å². The second-order valence-corrected chi connectivity index (χ2v) is 7.89. The summed E-state index contributed by atoms with van der Waals surface area (Å²) in [4.78, 5) is 18.5. The first-order valence-electron chi connectivity index (χ1n) is 9.57. The number of carbonyl (C=O) groups excluding carboxylic acids is 1. The molecule has 4 nitrogen and oxygen atoms in total. The van der Waals surface area contributed by atoms with Gasteiger partial charge < -0.3 is 15.1 Å². The van der Waals surface area contributed by atoms with Crippen molar-refractivity contribution >= 4 is 34.3 Å². The van der Waals surface area contributed by atoms with Gasteiger partial charge in [0.1, 0.15) is 0 Å². The van der Waals surface area contributed by atoms with Crippen LogP contribution in [0.15, 0.2) is 43.0 Å². The summed E-state index contributed by atoms with van der Waals surface area (Å²) in [7, 11) is 2.09. The summed E-state index contributed by atoms with van der Waals surface area (Å²) < 4.78 is 0. The third-order valence-corrected chi connectivity index (χ3v) is 5.63. The predicted molar refractivity (Wildman–Crippen MR) is 119 cm³/mol. The van der Waals surface area contributed by atoms with Crippen LogP contribution in [0.25, 0.3) is 5.70 Å². The molecule has 1 heterocycles. The van der Waals surface area contributed by atoms with Crippen LogP contribution in [0, 0.1) is 6.92 Å². The molecule has 0 radical (unpaired) electrons. The number of thiophene rings is 1. The van der Waals surface area contributed by atoms with Gasteiger partial charge in [0.25, 0.3) is 0 Å². The molecular weight excluding hydrogens is 354 g/mol. The lowest BCUT2D eigenvalue weighted by Crippen LogP contribution is -2.29. The van der Waals surface area contributed by atoms with Gasteiger partial charge in [-0.25, -0.2) is 0 Å². The molecule has 1 N–H and O–H groups in total. The van der Waals surface area contributed by atoms with E-state index in [1.165, 1.54) is 9.75 Å². The molecule has 0 bridgehead atoms. The van der Waals surface area contributed by atoms with Crippen molar-refractivity contribution in [3.63, 3.8) is 0 Å². The lowest BCUT2D eigenvalue weighted by molar-refractivity contribution is -0.118. The van der Waals surface area contributed by atoms with E-state index >= 15 is 0 Å². The molecule has 1 aromatic carbocycles. The van der Waals surface area contributed by atoms with Crippen molar-refractivity contribution in [2.45, 2.75) is 33.6 Å². The number of anilines is 2. The van der Waals surface area contributed by atoms with Gasteiger partial charge in [-0.15, -0.1) is 11.3 Å². The van der Waals surface area contributed by atoms with Crippen LogP contribution in [-0.2, 0) is 4.79 Å².